The Morgan fingerprint density at radius 3 is 2.53 bits per heavy atom. The molecule has 4 aromatic rings. The number of pyridine rings is 3. The highest BCUT2D eigenvalue weighted by atomic mass is 35.5. The third-order valence-corrected chi connectivity index (χ3v) is 6.81. The number of aliphatic hydroxyl groups excluding tert-OH is 1. The Kier molecular flexibility index (Phi) is 7.53. The predicted octanol–water partition coefficient (Wildman–Crippen LogP) is 5.22. The first-order chi connectivity index (χ1) is 17.9. The van der Waals surface area contributed by atoms with Crippen molar-refractivity contribution in [2.24, 2.45) is 5.41 Å². The van der Waals surface area contributed by atoms with E-state index >= 15 is 0 Å². The zero-order valence-corrected chi connectivity index (χ0v) is 22.2. The Morgan fingerprint density at radius 1 is 1.18 bits per heavy atom. The highest BCUT2D eigenvalue weighted by Crippen LogP contribution is 2.35. The largest absolute Gasteiger partial charge is 0.477 e. The van der Waals surface area contributed by atoms with Gasteiger partial charge >= 0.3 is 5.97 Å². The molecule has 3 heterocycles. The van der Waals surface area contributed by atoms with Gasteiger partial charge in [0.15, 0.2) is 0 Å². The molecule has 0 aliphatic carbocycles. The van der Waals surface area contributed by atoms with Gasteiger partial charge in [0, 0.05) is 31.4 Å². The fraction of sp³-hybridized carbons (Fsp3) is 0.286. The van der Waals surface area contributed by atoms with Crippen molar-refractivity contribution in [3.8, 4) is 0 Å². The van der Waals surface area contributed by atoms with Crippen LogP contribution in [0.2, 0.25) is 5.02 Å². The summed E-state index contributed by atoms with van der Waals surface area (Å²) in [5, 5.41) is 20.1. The topological polar surface area (TPSA) is 109 Å². The number of benzene rings is 1. The second-order valence-electron chi connectivity index (χ2n) is 10.1. The van der Waals surface area contributed by atoms with Gasteiger partial charge < -0.3 is 19.7 Å². The first-order valence-corrected chi connectivity index (χ1v) is 12.3. The van der Waals surface area contributed by atoms with Crippen molar-refractivity contribution in [2.75, 3.05) is 18.6 Å². The average molecular weight is 539 g/mol. The first-order valence-electron chi connectivity index (χ1n) is 11.9. The number of hydrogen-bond acceptors (Lipinski definition) is 6. The maximum absolute atomic E-state index is 14.9. The molecular formula is C28H28ClFN4O4. The van der Waals surface area contributed by atoms with Gasteiger partial charge in [0.1, 0.15) is 28.7 Å². The van der Waals surface area contributed by atoms with Crippen LogP contribution in [0, 0.1) is 11.2 Å². The van der Waals surface area contributed by atoms with E-state index in [0.29, 0.717) is 17.2 Å². The fourth-order valence-corrected chi connectivity index (χ4v) is 4.64. The summed E-state index contributed by atoms with van der Waals surface area (Å²) in [6.45, 7) is 5.38. The van der Waals surface area contributed by atoms with E-state index in [1.165, 1.54) is 12.3 Å². The van der Waals surface area contributed by atoms with E-state index in [0.717, 1.165) is 0 Å². The van der Waals surface area contributed by atoms with Gasteiger partial charge in [0.2, 0.25) is 5.43 Å². The van der Waals surface area contributed by atoms with Crippen molar-refractivity contribution >= 4 is 40.2 Å². The first kappa shape index (κ1) is 27.2. The highest BCUT2D eigenvalue weighted by molar-refractivity contribution is 6.30. The van der Waals surface area contributed by atoms with Gasteiger partial charge in [0.05, 0.1) is 23.1 Å². The van der Waals surface area contributed by atoms with Crippen molar-refractivity contribution in [2.45, 2.75) is 33.2 Å². The minimum atomic E-state index is -1.40. The zero-order valence-electron chi connectivity index (χ0n) is 21.4. The van der Waals surface area contributed by atoms with E-state index in [1.54, 1.807) is 53.0 Å². The summed E-state index contributed by atoms with van der Waals surface area (Å²) in [4.78, 5) is 36.3. The second kappa shape index (κ2) is 10.5. The van der Waals surface area contributed by atoms with E-state index in [-0.39, 0.29) is 34.6 Å². The molecule has 1 aromatic carbocycles. The second-order valence-corrected chi connectivity index (χ2v) is 10.5. The normalized spacial score (nSPS) is 12.5. The monoisotopic (exact) mass is 538 g/mol. The summed E-state index contributed by atoms with van der Waals surface area (Å²) in [6.07, 6.45) is 2.88. The molecule has 2 N–H and O–H groups in total. The third kappa shape index (κ3) is 5.12. The van der Waals surface area contributed by atoms with Crippen LogP contribution in [0.1, 0.15) is 48.3 Å². The molecule has 198 valence electrons. The van der Waals surface area contributed by atoms with Crippen molar-refractivity contribution in [3.05, 3.63) is 92.6 Å². The third-order valence-electron chi connectivity index (χ3n) is 6.52. The van der Waals surface area contributed by atoms with E-state index in [2.05, 4.69) is 4.98 Å². The van der Waals surface area contributed by atoms with Gasteiger partial charge in [0.25, 0.3) is 0 Å². The van der Waals surface area contributed by atoms with Crippen LogP contribution < -0.4 is 10.3 Å². The van der Waals surface area contributed by atoms with Crippen LogP contribution in [0.15, 0.2) is 59.7 Å². The maximum Gasteiger partial charge on any atom is 0.341 e. The van der Waals surface area contributed by atoms with E-state index < -0.39 is 34.2 Å². The smallest absolute Gasteiger partial charge is 0.341 e. The van der Waals surface area contributed by atoms with E-state index in [9.17, 15) is 24.2 Å². The summed E-state index contributed by atoms with van der Waals surface area (Å²) < 4.78 is 16.4. The summed E-state index contributed by atoms with van der Waals surface area (Å²) >= 11 is 6.02. The Morgan fingerprint density at radius 2 is 1.92 bits per heavy atom. The lowest BCUT2D eigenvalue weighted by molar-refractivity contribution is 0.0692. The molecule has 38 heavy (non-hydrogen) atoms. The molecule has 0 saturated heterocycles. The van der Waals surface area contributed by atoms with Crippen LogP contribution >= 0.6 is 11.6 Å². The molecular weight excluding hydrogens is 511 g/mol. The molecule has 0 amide bonds. The number of hydrogen-bond donors (Lipinski definition) is 2. The number of rotatable bonds is 7. The maximum atomic E-state index is 14.9. The van der Waals surface area contributed by atoms with E-state index in [1.807, 2.05) is 26.8 Å². The number of aromatic carboxylic acids is 1. The van der Waals surface area contributed by atoms with Crippen molar-refractivity contribution in [1.82, 2.24) is 14.5 Å². The van der Waals surface area contributed by atoms with Gasteiger partial charge in [-0.05, 0) is 35.2 Å². The highest BCUT2D eigenvalue weighted by Gasteiger charge is 2.30. The number of halogens is 2. The molecule has 4 rings (SSSR count). The molecule has 0 aliphatic heterocycles. The van der Waals surface area contributed by atoms with Crippen LogP contribution in [-0.2, 0) is 6.42 Å². The molecule has 0 bridgehead atoms. The number of nitrogens with zero attached hydrogens (tertiary/aromatic N) is 4. The van der Waals surface area contributed by atoms with Gasteiger partial charge in [-0.15, -0.1) is 0 Å². The molecule has 3 aromatic heterocycles. The molecule has 10 heteroatoms. The SMILES string of the molecule is CN(c1ccccn1)c1nc2c(cc1Cc1cccc(Cl)c1F)c(=O)c(C(=O)O)cn2[C@H](CO)C(C)(C)C. The van der Waals surface area contributed by atoms with Crippen LogP contribution in [0.4, 0.5) is 16.0 Å². The lowest BCUT2D eigenvalue weighted by Gasteiger charge is -2.33. The van der Waals surface area contributed by atoms with Gasteiger partial charge in [-0.2, -0.15) is 0 Å². The van der Waals surface area contributed by atoms with Crippen LogP contribution in [0.3, 0.4) is 0 Å². The number of aromatic nitrogens is 3. The summed E-state index contributed by atoms with van der Waals surface area (Å²) in [7, 11) is 1.75. The minimum Gasteiger partial charge on any atom is -0.477 e. The fourth-order valence-electron chi connectivity index (χ4n) is 4.44. The molecule has 0 saturated carbocycles. The van der Waals surface area contributed by atoms with Gasteiger partial charge in [-0.1, -0.05) is 50.6 Å². The van der Waals surface area contributed by atoms with Gasteiger partial charge in [-0.25, -0.2) is 19.2 Å². The summed E-state index contributed by atoms with van der Waals surface area (Å²) in [5.41, 5.74) is -0.734. The van der Waals surface area contributed by atoms with Crippen molar-refractivity contribution in [3.63, 3.8) is 0 Å². The van der Waals surface area contributed by atoms with Crippen molar-refractivity contribution in [1.29, 1.82) is 0 Å². The average Bonchev–Trinajstić information content (AvgIpc) is 2.87. The molecule has 0 radical (unpaired) electrons. The lowest BCUT2D eigenvalue weighted by Crippen LogP contribution is -2.31. The Labute approximate surface area is 224 Å². The molecule has 0 aliphatic rings. The van der Waals surface area contributed by atoms with Crippen molar-refractivity contribution < 1.29 is 19.4 Å². The minimum absolute atomic E-state index is 0.0290. The molecule has 0 unspecified atom stereocenters. The number of carboxylic acids is 1. The Bertz CT molecular complexity index is 1570. The van der Waals surface area contributed by atoms with Crippen LogP contribution in [0.5, 0.6) is 0 Å². The zero-order chi connectivity index (χ0) is 27.8. The van der Waals surface area contributed by atoms with Crippen LogP contribution in [-0.4, -0.2) is 44.4 Å². The lowest BCUT2D eigenvalue weighted by atomic mass is 9.86. The summed E-state index contributed by atoms with van der Waals surface area (Å²) in [5.74, 6) is -1.05. The summed E-state index contributed by atoms with van der Waals surface area (Å²) in [6, 6.07) is 11.0. The quantitative estimate of drug-likeness (QED) is 0.332. The Hall–Kier alpha value is -3.82. The van der Waals surface area contributed by atoms with Crippen LogP contribution in [0.25, 0.3) is 11.0 Å². The molecule has 0 spiro atoms. The number of aliphatic hydroxyl groups is 1. The molecule has 0 fully saturated rings. The Balaban J connectivity index is 2.09. The predicted molar refractivity (Wildman–Crippen MR) is 145 cm³/mol. The molecule has 8 nitrogen and oxygen atoms in total. The van der Waals surface area contributed by atoms with E-state index in [4.69, 9.17) is 16.6 Å². The van der Waals surface area contributed by atoms with Gasteiger partial charge in [-0.3, -0.25) is 4.79 Å². The number of anilines is 2. The number of carboxylic acid groups (broad SMARTS) is 1. The molecule has 1 atom stereocenters. The standard InChI is InChI=1S/C28H28ClFN4O4/c1-28(2,3)21(15-35)34-14-19(27(37)38)24(36)18-13-17(12-16-8-7-9-20(29)23(16)30)25(32-26(18)34)33(4)22-10-5-6-11-31-22/h5-11,13-14,21,35H,12,15H2,1-4H3,(H,37,38)/t21-/m1/s1. The number of fused-ring (bicyclic) bond motifs is 1. The number of carbonyl (C=O) groups is 1.